The van der Waals surface area contributed by atoms with Crippen LogP contribution in [0.15, 0.2) is 194 Å². The Morgan fingerprint density at radius 3 is 1.79 bits per heavy atom. The molecule has 0 fully saturated rings. The normalized spacial score (nSPS) is 16.1. The molecular formula is C59H47N3. The molecule has 7 aromatic carbocycles. The first-order valence-corrected chi connectivity index (χ1v) is 21.9. The number of benzene rings is 7. The number of allylic oxidation sites excluding steroid dienone is 4. The first-order chi connectivity index (χ1) is 30.5. The lowest BCUT2D eigenvalue weighted by molar-refractivity contribution is 0.461. The average Bonchev–Trinajstić information content (AvgIpc) is 3.63. The van der Waals surface area contributed by atoms with Crippen molar-refractivity contribution in [1.82, 2.24) is 9.97 Å². The summed E-state index contributed by atoms with van der Waals surface area (Å²) in [5.41, 5.74) is 19.3. The lowest BCUT2D eigenvalue weighted by Gasteiger charge is -2.31. The van der Waals surface area contributed by atoms with Crippen LogP contribution in [-0.4, -0.2) is 9.97 Å². The second-order valence-corrected chi connectivity index (χ2v) is 16.6. The van der Waals surface area contributed by atoms with E-state index in [2.05, 4.69) is 202 Å². The van der Waals surface area contributed by atoms with Gasteiger partial charge >= 0.3 is 0 Å². The molecule has 0 saturated carbocycles. The Balaban J connectivity index is 1.000. The van der Waals surface area contributed by atoms with Crippen LogP contribution in [0.5, 0.6) is 0 Å². The molecule has 0 aliphatic heterocycles. The van der Waals surface area contributed by atoms with Crippen LogP contribution in [0.2, 0.25) is 0 Å². The second-order valence-electron chi connectivity index (χ2n) is 16.6. The maximum absolute atomic E-state index is 9.87. The van der Waals surface area contributed by atoms with Crippen molar-refractivity contribution in [1.29, 1.82) is 5.26 Å². The Bertz CT molecular complexity index is 3060. The third kappa shape index (κ3) is 7.08. The largest absolute Gasteiger partial charge is 0.232 e. The minimum absolute atomic E-state index is 0.101. The van der Waals surface area contributed by atoms with Gasteiger partial charge in [0.2, 0.25) is 0 Å². The molecule has 2 aliphatic rings. The predicted molar refractivity (Wildman–Crippen MR) is 256 cm³/mol. The zero-order valence-corrected chi connectivity index (χ0v) is 35.2. The minimum Gasteiger partial charge on any atom is -0.232 e. The Morgan fingerprint density at radius 2 is 1.13 bits per heavy atom. The summed E-state index contributed by atoms with van der Waals surface area (Å²) in [5.74, 6) is 0.953. The second kappa shape index (κ2) is 16.6. The van der Waals surface area contributed by atoms with Crippen molar-refractivity contribution in [3.05, 3.63) is 217 Å². The van der Waals surface area contributed by atoms with E-state index in [1.807, 2.05) is 12.1 Å². The lowest BCUT2D eigenvalue weighted by Crippen LogP contribution is -2.24. The summed E-state index contributed by atoms with van der Waals surface area (Å²) in [5, 5.41) is 9.87. The predicted octanol–water partition coefficient (Wildman–Crippen LogP) is 15.4. The molecule has 0 amide bonds. The summed E-state index contributed by atoms with van der Waals surface area (Å²) in [6.07, 6.45) is 12.6. The lowest BCUT2D eigenvalue weighted by atomic mass is 9.72. The van der Waals surface area contributed by atoms with Gasteiger partial charge in [0.25, 0.3) is 0 Å². The number of aromatic nitrogens is 2. The summed E-state index contributed by atoms with van der Waals surface area (Å²) in [7, 11) is 0. The molecule has 10 rings (SSSR count). The molecule has 1 heterocycles. The summed E-state index contributed by atoms with van der Waals surface area (Å²) in [6, 6.07) is 63.5. The van der Waals surface area contributed by atoms with E-state index in [1.165, 1.54) is 50.1 Å². The number of nitrogens with zero attached hydrogens (tertiary/aromatic N) is 3. The highest BCUT2D eigenvalue weighted by Crippen LogP contribution is 2.56. The van der Waals surface area contributed by atoms with E-state index in [0.717, 1.165) is 76.3 Å². The molecule has 0 spiro atoms. The van der Waals surface area contributed by atoms with Crippen molar-refractivity contribution in [2.75, 3.05) is 0 Å². The average molecular weight is 798 g/mol. The van der Waals surface area contributed by atoms with Crippen molar-refractivity contribution >= 4 is 0 Å². The van der Waals surface area contributed by atoms with Crippen molar-refractivity contribution in [3.8, 4) is 84.2 Å². The maximum Gasteiger partial charge on any atom is 0.136 e. The monoisotopic (exact) mass is 797 g/mol. The van der Waals surface area contributed by atoms with Crippen LogP contribution in [-0.2, 0) is 5.41 Å². The highest BCUT2D eigenvalue weighted by molar-refractivity contribution is 5.94. The van der Waals surface area contributed by atoms with Gasteiger partial charge in [-0.3, -0.25) is 0 Å². The van der Waals surface area contributed by atoms with Gasteiger partial charge in [-0.1, -0.05) is 178 Å². The van der Waals surface area contributed by atoms with E-state index in [-0.39, 0.29) is 11.3 Å². The van der Waals surface area contributed by atoms with Gasteiger partial charge in [-0.05, 0) is 122 Å². The SMILES string of the molecule is CCCC1(CC)c2cc(C#N)ccc2-c2c(-c3cccc(-c4cccc(-c5cccc(-c6cc(-c7ccc(-c8ccccc8)cc7)nc(C7C=CC=CC7)n6)c5)c4)c3)cccc21. The van der Waals surface area contributed by atoms with Crippen LogP contribution in [0.3, 0.4) is 0 Å². The van der Waals surface area contributed by atoms with Crippen molar-refractivity contribution in [2.45, 2.75) is 50.9 Å². The summed E-state index contributed by atoms with van der Waals surface area (Å²) < 4.78 is 0. The number of hydrogen-bond donors (Lipinski definition) is 0. The van der Waals surface area contributed by atoms with Crippen molar-refractivity contribution in [3.63, 3.8) is 0 Å². The van der Waals surface area contributed by atoms with Gasteiger partial charge in [-0.25, -0.2) is 9.97 Å². The third-order valence-corrected chi connectivity index (χ3v) is 13.0. The fraction of sp³-hybridized carbons (Fsp3) is 0.136. The first-order valence-electron chi connectivity index (χ1n) is 21.9. The number of rotatable bonds is 10. The molecule has 0 N–H and O–H groups in total. The van der Waals surface area contributed by atoms with Gasteiger partial charge in [0.1, 0.15) is 5.82 Å². The molecule has 298 valence electrons. The Labute approximate surface area is 365 Å². The van der Waals surface area contributed by atoms with Gasteiger partial charge in [-0.2, -0.15) is 5.26 Å². The van der Waals surface area contributed by atoms with Crippen LogP contribution in [0.1, 0.15) is 68.0 Å². The number of hydrogen-bond acceptors (Lipinski definition) is 3. The summed E-state index contributed by atoms with van der Waals surface area (Å²) in [4.78, 5) is 10.4. The summed E-state index contributed by atoms with van der Waals surface area (Å²) in [6.45, 7) is 4.56. The topological polar surface area (TPSA) is 49.6 Å². The van der Waals surface area contributed by atoms with Crippen LogP contribution in [0, 0.1) is 11.3 Å². The molecule has 0 radical (unpaired) electrons. The van der Waals surface area contributed by atoms with E-state index in [9.17, 15) is 5.26 Å². The molecule has 62 heavy (non-hydrogen) atoms. The van der Waals surface area contributed by atoms with E-state index in [4.69, 9.17) is 9.97 Å². The standard InChI is InChI=1S/C59H47N3/c1-3-33-59(4-2)53-26-14-25-51(57(53)52-32-27-40(39-60)34-54(52)59)49-23-12-21-47(36-49)45-19-11-20-46(35-45)48-22-13-24-50(37-48)56-38-55(61-58(62-56)44-17-9-6-10-18-44)43-30-28-42(29-31-43)41-15-7-5-8-16-41/h5-17,19-32,34-38,44H,3-4,18,33H2,1-2H3. The smallest absolute Gasteiger partial charge is 0.136 e. The zero-order valence-electron chi connectivity index (χ0n) is 35.2. The molecule has 3 nitrogen and oxygen atoms in total. The molecule has 0 saturated heterocycles. The number of nitriles is 1. The molecule has 1 aromatic heterocycles. The van der Waals surface area contributed by atoms with Crippen LogP contribution < -0.4 is 0 Å². The number of fused-ring (bicyclic) bond motifs is 3. The van der Waals surface area contributed by atoms with Crippen LogP contribution >= 0.6 is 0 Å². The summed E-state index contributed by atoms with van der Waals surface area (Å²) >= 11 is 0. The molecule has 3 heteroatoms. The fourth-order valence-electron chi connectivity index (χ4n) is 9.87. The van der Waals surface area contributed by atoms with Crippen molar-refractivity contribution in [2.24, 2.45) is 0 Å². The van der Waals surface area contributed by atoms with Crippen LogP contribution in [0.25, 0.3) is 78.1 Å². The van der Waals surface area contributed by atoms with E-state index in [0.29, 0.717) is 0 Å². The molecular weight excluding hydrogens is 751 g/mol. The highest BCUT2D eigenvalue weighted by atomic mass is 14.9. The Hall–Kier alpha value is -7.41. The van der Waals surface area contributed by atoms with Gasteiger partial charge in [0.15, 0.2) is 0 Å². The molecule has 8 aromatic rings. The van der Waals surface area contributed by atoms with Crippen LogP contribution in [0.4, 0.5) is 0 Å². The fourth-order valence-corrected chi connectivity index (χ4v) is 9.87. The Morgan fingerprint density at radius 1 is 0.532 bits per heavy atom. The van der Waals surface area contributed by atoms with Gasteiger partial charge in [-0.15, -0.1) is 0 Å². The van der Waals surface area contributed by atoms with E-state index >= 15 is 0 Å². The molecule has 2 unspecified atom stereocenters. The zero-order chi connectivity index (χ0) is 42.0. The van der Waals surface area contributed by atoms with Crippen molar-refractivity contribution < 1.29 is 0 Å². The molecule has 2 atom stereocenters. The van der Waals surface area contributed by atoms with Gasteiger partial charge < -0.3 is 0 Å². The first kappa shape index (κ1) is 38.8. The third-order valence-electron chi connectivity index (χ3n) is 13.0. The van der Waals surface area contributed by atoms with E-state index < -0.39 is 0 Å². The Kier molecular flexibility index (Phi) is 10.4. The van der Waals surface area contributed by atoms with E-state index in [1.54, 1.807) is 0 Å². The highest BCUT2D eigenvalue weighted by Gasteiger charge is 2.42. The quantitative estimate of drug-likeness (QED) is 0.138. The van der Waals surface area contributed by atoms with Gasteiger partial charge in [0.05, 0.1) is 23.0 Å². The van der Waals surface area contributed by atoms with Gasteiger partial charge in [0, 0.05) is 22.5 Å². The molecule has 2 aliphatic carbocycles. The maximum atomic E-state index is 9.87. The minimum atomic E-state index is -0.101. The molecule has 0 bridgehead atoms.